The molecule has 0 heterocycles. The maximum Gasteiger partial charge on any atom is 0.273 e. The molecule has 8 heteroatoms. The van der Waals surface area contributed by atoms with Gasteiger partial charge in [0.05, 0.1) is 22.0 Å². The van der Waals surface area contributed by atoms with Gasteiger partial charge in [0.25, 0.3) is 11.4 Å². The predicted molar refractivity (Wildman–Crippen MR) is 145 cm³/mol. The third kappa shape index (κ3) is 6.53. The molecule has 0 aliphatic carbocycles. The van der Waals surface area contributed by atoms with Gasteiger partial charge in [0, 0.05) is 12.1 Å². The molecule has 0 fully saturated rings. The van der Waals surface area contributed by atoms with Crippen LogP contribution in [-0.2, 0) is 5.41 Å². The summed E-state index contributed by atoms with van der Waals surface area (Å²) in [5, 5.41) is 22.0. The molecule has 0 aliphatic heterocycles. The van der Waals surface area contributed by atoms with Crippen molar-refractivity contribution in [3.05, 3.63) is 128 Å². The first-order chi connectivity index (χ1) is 18.1. The van der Waals surface area contributed by atoms with Gasteiger partial charge in [-0.25, -0.2) is 0 Å². The lowest BCUT2D eigenvalue weighted by Crippen LogP contribution is -2.20. The summed E-state index contributed by atoms with van der Waals surface area (Å²) >= 11 is 0. The van der Waals surface area contributed by atoms with E-state index in [1.165, 1.54) is 24.3 Å². The number of ether oxygens (including phenoxy) is 2. The van der Waals surface area contributed by atoms with E-state index in [4.69, 9.17) is 9.47 Å². The van der Waals surface area contributed by atoms with Crippen LogP contribution in [-0.4, -0.2) is 9.85 Å². The van der Waals surface area contributed by atoms with Crippen molar-refractivity contribution in [1.82, 2.24) is 0 Å². The molecule has 1 atom stereocenters. The fourth-order valence-corrected chi connectivity index (χ4v) is 4.43. The largest absolute Gasteiger partial charge is 0.457 e. The Bertz CT molecular complexity index is 1430. The summed E-state index contributed by atoms with van der Waals surface area (Å²) in [6.45, 7) is 6.57. The number of hydrogen-bond acceptors (Lipinski definition) is 6. The van der Waals surface area contributed by atoms with Crippen LogP contribution < -0.4 is 9.47 Å². The van der Waals surface area contributed by atoms with Crippen molar-refractivity contribution >= 4 is 11.4 Å². The number of nitrogens with zero attached hydrogens (tertiary/aromatic N) is 2. The highest BCUT2D eigenvalue weighted by Gasteiger charge is 2.24. The molecule has 8 nitrogen and oxygen atoms in total. The van der Waals surface area contributed by atoms with Crippen molar-refractivity contribution in [3.8, 4) is 23.0 Å². The average molecular weight is 513 g/mol. The van der Waals surface area contributed by atoms with Crippen molar-refractivity contribution in [1.29, 1.82) is 0 Å². The standard InChI is InChI=1S/C30H28N2O6/c1-21(22-10-14-26(15-11-22)37-28-8-4-6-24(18-28)31(33)34)20-30(2,3)23-12-16-27(17-13-23)38-29-9-5-7-25(19-29)32(35)36/h4-19,21H,20H2,1-3H3. The SMILES string of the molecule is CC(CC(C)(C)c1ccc(Oc2cccc([N+](=O)[O-])c2)cc1)c1ccc(Oc2cccc([N+](=O)[O-])c2)cc1. The van der Waals surface area contributed by atoms with Crippen LogP contribution in [0.25, 0.3) is 0 Å². The Hall–Kier alpha value is -4.72. The van der Waals surface area contributed by atoms with Crippen molar-refractivity contribution in [3.63, 3.8) is 0 Å². The van der Waals surface area contributed by atoms with Gasteiger partial charge in [-0.3, -0.25) is 20.2 Å². The van der Waals surface area contributed by atoms with E-state index in [9.17, 15) is 20.2 Å². The molecule has 1 unspecified atom stereocenters. The van der Waals surface area contributed by atoms with Crippen LogP contribution in [0.4, 0.5) is 11.4 Å². The van der Waals surface area contributed by atoms with E-state index in [-0.39, 0.29) is 22.7 Å². The van der Waals surface area contributed by atoms with E-state index in [2.05, 4.69) is 20.8 Å². The summed E-state index contributed by atoms with van der Waals surface area (Å²) in [4.78, 5) is 21.1. The summed E-state index contributed by atoms with van der Waals surface area (Å²) in [6, 6.07) is 27.8. The van der Waals surface area contributed by atoms with Crippen LogP contribution >= 0.6 is 0 Å². The molecule has 0 aromatic heterocycles. The number of nitro benzene ring substituents is 2. The average Bonchev–Trinajstić information content (AvgIpc) is 2.89. The molecule has 0 N–H and O–H groups in total. The lowest BCUT2D eigenvalue weighted by atomic mass is 9.76. The Labute approximate surface area is 220 Å². The quantitative estimate of drug-likeness (QED) is 0.156. The van der Waals surface area contributed by atoms with Gasteiger partial charge in [-0.2, -0.15) is 0 Å². The van der Waals surface area contributed by atoms with Gasteiger partial charge in [-0.05, 0) is 65.3 Å². The summed E-state index contributed by atoms with van der Waals surface area (Å²) in [7, 11) is 0. The lowest BCUT2D eigenvalue weighted by molar-refractivity contribution is -0.385. The Balaban J connectivity index is 1.39. The molecule has 0 radical (unpaired) electrons. The maximum absolute atomic E-state index is 11.0. The summed E-state index contributed by atoms with van der Waals surface area (Å²) in [6.07, 6.45) is 0.892. The zero-order valence-electron chi connectivity index (χ0n) is 21.4. The maximum atomic E-state index is 11.0. The van der Waals surface area contributed by atoms with Crippen molar-refractivity contribution in [2.24, 2.45) is 0 Å². The van der Waals surface area contributed by atoms with Crippen LogP contribution in [0.1, 0.15) is 44.2 Å². The summed E-state index contributed by atoms with van der Waals surface area (Å²) in [5.41, 5.74) is 2.16. The van der Waals surface area contributed by atoms with Crippen LogP contribution in [0.15, 0.2) is 97.1 Å². The highest BCUT2D eigenvalue weighted by atomic mass is 16.6. The number of hydrogen-bond donors (Lipinski definition) is 0. The third-order valence-electron chi connectivity index (χ3n) is 6.43. The predicted octanol–water partition coefficient (Wildman–Crippen LogP) is 8.56. The van der Waals surface area contributed by atoms with E-state index < -0.39 is 9.85 Å². The molecule has 0 amide bonds. The molecule has 0 saturated heterocycles. The van der Waals surface area contributed by atoms with E-state index in [1.54, 1.807) is 24.3 Å². The van der Waals surface area contributed by atoms with Gasteiger partial charge in [0.15, 0.2) is 0 Å². The Morgan fingerprint density at radius 2 is 1.13 bits per heavy atom. The second-order valence-electron chi connectivity index (χ2n) is 9.80. The first-order valence-electron chi connectivity index (χ1n) is 12.2. The first-order valence-corrected chi connectivity index (χ1v) is 12.2. The Morgan fingerprint density at radius 3 is 1.58 bits per heavy atom. The van der Waals surface area contributed by atoms with E-state index >= 15 is 0 Å². The van der Waals surface area contributed by atoms with Crippen molar-refractivity contribution < 1.29 is 19.3 Å². The minimum Gasteiger partial charge on any atom is -0.457 e. The van der Waals surface area contributed by atoms with Crippen molar-refractivity contribution in [2.45, 2.75) is 38.5 Å². The van der Waals surface area contributed by atoms with Gasteiger partial charge < -0.3 is 9.47 Å². The summed E-state index contributed by atoms with van der Waals surface area (Å²) < 4.78 is 11.6. The molecule has 0 saturated carbocycles. The van der Waals surface area contributed by atoms with Gasteiger partial charge in [-0.1, -0.05) is 57.2 Å². The molecule has 4 aromatic carbocycles. The second kappa shape index (κ2) is 11.1. The molecule has 38 heavy (non-hydrogen) atoms. The Kier molecular flexibility index (Phi) is 7.71. The van der Waals surface area contributed by atoms with Gasteiger partial charge in [0.1, 0.15) is 23.0 Å². The minimum atomic E-state index is -0.447. The van der Waals surface area contributed by atoms with Gasteiger partial charge >= 0.3 is 0 Å². The zero-order valence-corrected chi connectivity index (χ0v) is 21.4. The fraction of sp³-hybridized carbons (Fsp3) is 0.200. The molecule has 4 aromatic rings. The van der Waals surface area contributed by atoms with Gasteiger partial charge in [-0.15, -0.1) is 0 Å². The van der Waals surface area contributed by atoms with Crippen LogP contribution in [0.2, 0.25) is 0 Å². The second-order valence-corrected chi connectivity index (χ2v) is 9.80. The van der Waals surface area contributed by atoms with E-state index in [0.29, 0.717) is 23.0 Å². The highest BCUT2D eigenvalue weighted by Crippen LogP contribution is 2.37. The highest BCUT2D eigenvalue weighted by molar-refractivity contribution is 5.43. The van der Waals surface area contributed by atoms with E-state index in [0.717, 1.165) is 17.5 Å². The van der Waals surface area contributed by atoms with Gasteiger partial charge in [0.2, 0.25) is 0 Å². The normalized spacial score (nSPS) is 12.0. The number of rotatable bonds is 10. The lowest BCUT2D eigenvalue weighted by Gasteiger charge is -2.29. The molecule has 194 valence electrons. The number of benzene rings is 4. The molecule has 0 bridgehead atoms. The molecule has 4 rings (SSSR count). The van der Waals surface area contributed by atoms with Crippen LogP contribution in [0.5, 0.6) is 23.0 Å². The monoisotopic (exact) mass is 512 g/mol. The first kappa shape index (κ1) is 26.3. The Morgan fingerprint density at radius 1 is 0.684 bits per heavy atom. The smallest absolute Gasteiger partial charge is 0.273 e. The molecular formula is C30H28N2O6. The van der Waals surface area contributed by atoms with E-state index in [1.807, 2.05) is 48.5 Å². The topological polar surface area (TPSA) is 105 Å². The number of non-ortho nitro benzene ring substituents is 2. The zero-order chi connectivity index (χ0) is 27.3. The summed E-state index contributed by atoms with van der Waals surface area (Å²) in [5.74, 6) is 2.31. The fourth-order valence-electron chi connectivity index (χ4n) is 4.43. The molecular weight excluding hydrogens is 484 g/mol. The molecule has 0 spiro atoms. The van der Waals surface area contributed by atoms with Crippen molar-refractivity contribution in [2.75, 3.05) is 0 Å². The van der Waals surface area contributed by atoms with Crippen LogP contribution in [0, 0.1) is 20.2 Å². The molecule has 0 aliphatic rings. The third-order valence-corrected chi connectivity index (χ3v) is 6.43. The number of nitro groups is 2. The minimum absolute atomic E-state index is 0.0152. The van der Waals surface area contributed by atoms with Crippen LogP contribution in [0.3, 0.4) is 0 Å².